The molecule has 0 unspecified atom stereocenters. The smallest absolute Gasteiger partial charge is 0.130 e. The van der Waals surface area contributed by atoms with Crippen molar-refractivity contribution >= 4 is 0 Å². The van der Waals surface area contributed by atoms with Gasteiger partial charge in [0.15, 0.2) is 0 Å². The Morgan fingerprint density at radius 2 is 1.70 bits per heavy atom. The molecule has 4 saturated carbocycles. The quantitative estimate of drug-likeness (QED) is 0.668. The van der Waals surface area contributed by atoms with Gasteiger partial charge in [-0.3, -0.25) is 0 Å². The second-order valence-corrected chi connectivity index (χ2v) is 9.58. The van der Waals surface area contributed by atoms with E-state index in [1.54, 1.807) is 0 Å². The molecular formula is C21H32O2. The number of hydrogen-bond donors (Lipinski definition) is 2. The van der Waals surface area contributed by atoms with Crippen LogP contribution in [0.25, 0.3) is 0 Å². The van der Waals surface area contributed by atoms with Crippen LogP contribution in [-0.4, -0.2) is 21.9 Å². The summed E-state index contributed by atoms with van der Waals surface area (Å²) >= 11 is 0. The summed E-state index contributed by atoms with van der Waals surface area (Å²) in [6.07, 6.45) is 15.6. The number of aliphatic hydroxyl groups excluding tert-OH is 1. The molecule has 0 aromatic carbocycles. The van der Waals surface area contributed by atoms with Crippen molar-refractivity contribution in [2.24, 2.45) is 34.5 Å². The lowest BCUT2D eigenvalue weighted by molar-refractivity contribution is -0.144. The summed E-state index contributed by atoms with van der Waals surface area (Å²) in [5.74, 6) is 5.56. The Morgan fingerprint density at radius 3 is 2.43 bits per heavy atom. The Hall–Kier alpha value is -0.520. The third kappa shape index (κ3) is 1.96. The Kier molecular flexibility index (Phi) is 3.47. The van der Waals surface area contributed by atoms with Crippen LogP contribution in [0.4, 0.5) is 0 Å². The maximum Gasteiger partial charge on any atom is 0.130 e. The van der Waals surface area contributed by atoms with E-state index >= 15 is 0 Å². The lowest BCUT2D eigenvalue weighted by Gasteiger charge is -2.61. The first kappa shape index (κ1) is 16.0. The fraction of sp³-hybridized carbons (Fsp3) is 0.905. The highest BCUT2D eigenvalue weighted by molar-refractivity contribution is 5.23. The van der Waals surface area contributed by atoms with E-state index in [0.717, 1.165) is 43.9 Å². The van der Waals surface area contributed by atoms with Gasteiger partial charge in [0.1, 0.15) is 5.60 Å². The van der Waals surface area contributed by atoms with Gasteiger partial charge in [-0.1, -0.05) is 19.8 Å². The first-order valence-electron chi connectivity index (χ1n) is 9.72. The summed E-state index contributed by atoms with van der Waals surface area (Å²) < 4.78 is 0. The third-order valence-electron chi connectivity index (χ3n) is 9.03. The third-order valence-corrected chi connectivity index (χ3v) is 9.03. The van der Waals surface area contributed by atoms with Crippen molar-refractivity contribution in [1.29, 1.82) is 0 Å². The van der Waals surface area contributed by atoms with Gasteiger partial charge in [-0.15, -0.1) is 6.42 Å². The Labute approximate surface area is 141 Å². The molecule has 0 radical (unpaired) electrons. The molecule has 0 aliphatic heterocycles. The second-order valence-electron chi connectivity index (χ2n) is 9.58. The van der Waals surface area contributed by atoms with Gasteiger partial charge in [0, 0.05) is 5.41 Å². The standard InChI is InChI=1S/C21H32O2/c1-4-21(23)12-9-18-16-6-5-14-13-15(22)7-10-19(14,2)17(16)8-11-20(18,21)3/h1,14-18,22-23H,5-13H2,2-3H3/t14-,15+,16-,17-,18+,19+,20+,21-/m0/s1. The average Bonchev–Trinajstić information content (AvgIpc) is 2.80. The van der Waals surface area contributed by atoms with E-state index in [1.165, 1.54) is 25.7 Å². The minimum absolute atomic E-state index is 0.0727. The van der Waals surface area contributed by atoms with Gasteiger partial charge in [-0.25, -0.2) is 0 Å². The predicted octanol–water partition coefficient (Wildman–Crippen LogP) is 3.75. The molecule has 0 heterocycles. The van der Waals surface area contributed by atoms with E-state index in [-0.39, 0.29) is 11.5 Å². The van der Waals surface area contributed by atoms with E-state index in [9.17, 15) is 10.2 Å². The van der Waals surface area contributed by atoms with Crippen LogP contribution in [-0.2, 0) is 0 Å². The van der Waals surface area contributed by atoms with E-state index in [0.29, 0.717) is 17.3 Å². The van der Waals surface area contributed by atoms with Crippen LogP contribution in [0.5, 0.6) is 0 Å². The average molecular weight is 316 g/mol. The summed E-state index contributed by atoms with van der Waals surface area (Å²) in [5, 5.41) is 21.1. The molecule has 0 bridgehead atoms. The first-order chi connectivity index (χ1) is 10.8. The van der Waals surface area contributed by atoms with Crippen molar-refractivity contribution in [1.82, 2.24) is 0 Å². The molecule has 128 valence electrons. The van der Waals surface area contributed by atoms with Crippen LogP contribution in [0.3, 0.4) is 0 Å². The molecule has 0 aromatic heterocycles. The molecule has 2 heteroatoms. The minimum atomic E-state index is -0.886. The summed E-state index contributed by atoms with van der Waals surface area (Å²) in [6.45, 7) is 4.77. The van der Waals surface area contributed by atoms with E-state index in [4.69, 9.17) is 6.42 Å². The highest BCUT2D eigenvalue weighted by Gasteiger charge is 2.64. The van der Waals surface area contributed by atoms with Gasteiger partial charge >= 0.3 is 0 Å². The monoisotopic (exact) mass is 316 g/mol. The van der Waals surface area contributed by atoms with Crippen molar-refractivity contribution in [2.45, 2.75) is 83.3 Å². The van der Waals surface area contributed by atoms with Gasteiger partial charge in [-0.05, 0) is 86.9 Å². The molecule has 2 nitrogen and oxygen atoms in total. The highest BCUT2D eigenvalue weighted by atomic mass is 16.3. The maximum absolute atomic E-state index is 11.0. The van der Waals surface area contributed by atoms with Crippen molar-refractivity contribution in [2.75, 3.05) is 0 Å². The molecule has 4 aliphatic rings. The summed E-state index contributed by atoms with van der Waals surface area (Å²) in [6, 6.07) is 0. The molecule has 4 rings (SSSR count). The Morgan fingerprint density at radius 1 is 0.957 bits per heavy atom. The van der Waals surface area contributed by atoms with Crippen molar-refractivity contribution in [3.05, 3.63) is 0 Å². The van der Waals surface area contributed by atoms with Crippen LogP contribution >= 0.6 is 0 Å². The second kappa shape index (κ2) is 4.99. The zero-order chi connectivity index (χ0) is 16.5. The fourth-order valence-corrected chi connectivity index (χ4v) is 7.49. The molecule has 4 fully saturated rings. The van der Waals surface area contributed by atoms with Crippen molar-refractivity contribution < 1.29 is 10.2 Å². The highest BCUT2D eigenvalue weighted by Crippen LogP contribution is 2.68. The molecule has 0 aromatic rings. The minimum Gasteiger partial charge on any atom is -0.393 e. The van der Waals surface area contributed by atoms with Crippen LogP contribution in [0, 0.1) is 46.8 Å². The van der Waals surface area contributed by atoms with Gasteiger partial charge in [-0.2, -0.15) is 0 Å². The summed E-state index contributed by atoms with van der Waals surface area (Å²) in [5.41, 5.74) is -0.566. The molecule has 0 saturated heterocycles. The van der Waals surface area contributed by atoms with Gasteiger partial charge < -0.3 is 10.2 Å². The molecule has 8 atom stereocenters. The molecule has 0 amide bonds. The van der Waals surface area contributed by atoms with Crippen LogP contribution in [0.1, 0.15) is 71.6 Å². The lowest BCUT2D eigenvalue weighted by atomic mass is 9.44. The number of rotatable bonds is 0. The SMILES string of the molecule is C#C[C@]1(O)CC[C@@H]2[C@H]3CC[C@H]4C[C@H](O)CC[C@@]4(C)[C@H]3CC[C@]21C. The molecule has 4 aliphatic carbocycles. The Balaban J connectivity index is 1.65. The largest absolute Gasteiger partial charge is 0.393 e. The Bertz CT molecular complexity index is 536. The summed E-state index contributed by atoms with van der Waals surface area (Å²) in [7, 11) is 0. The van der Waals surface area contributed by atoms with Crippen molar-refractivity contribution in [3.63, 3.8) is 0 Å². The van der Waals surface area contributed by atoms with E-state index in [1.807, 2.05) is 0 Å². The normalized spacial score (nSPS) is 58.7. The number of terminal acetylenes is 1. The topological polar surface area (TPSA) is 40.5 Å². The molecule has 23 heavy (non-hydrogen) atoms. The van der Waals surface area contributed by atoms with Crippen LogP contribution < -0.4 is 0 Å². The number of aliphatic hydroxyl groups is 2. The fourth-order valence-electron chi connectivity index (χ4n) is 7.49. The zero-order valence-corrected chi connectivity index (χ0v) is 14.7. The van der Waals surface area contributed by atoms with Crippen LogP contribution in [0.15, 0.2) is 0 Å². The maximum atomic E-state index is 11.0. The van der Waals surface area contributed by atoms with Gasteiger partial charge in [0.2, 0.25) is 0 Å². The molecular weight excluding hydrogens is 284 g/mol. The zero-order valence-electron chi connectivity index (χ0n) is 14.7. The summed E-state index contributed by atoms with van der Waals surface area (Å²) in [4.78, 5) is 0. The van der Waals surface area contributed by atoms with E-state index in [2.05, 4.69) is 19.8 Å². The first-order valence-corrected chi connectivity index (χ1v) is 9.72. The lowest BCUT2D eigenvalue weighted by Crippen LogP contribution is -2.56. The number of hydrogen-bond acceptors (Lipinski definition) is 2. The van der Waals surface area contributed by atoms with Crippen molar-refractivity contribution in [3.8, 4) is 12.3 Å². The predicted molar refractivity (Wildman–Crippen MR) is 91.5 cm³/mol. The molecule has 2 N–H and O–H groups in total. The number of fused-ring (bicyclic) bond motifs is 5. The van der Waals surface area contributed by atoms with E-state index < -0.39 is 5.60 Å². The van der Waals surface area contributed by atoms with Gasteiger partial charge in [0.05, 0.1) is 6.10 Å². The molecule has 0 spiro atoms. The van der Waals surface area contributed by atoms with Crippen LogP contribution in [0.2, 0.25) is 0 Å². The van der Waals surface area contributed by atoms with Gasteiger partial charge in [0.25, 0.3) is 0 Å².